The first-order chi connectivity index (χ1) is 8.49. The molecule has 98 valence electrons. The minimum absolute atomic E-state index is 0.155. The Morgan fingerprint density at radius 3 is 2.72 bits per heavy atom. The minimum Gasteiger partial charge on any atom is -0.478 e. The van der Waals surface area contributed by atoms with E-state index in [-0.39, 0.29) is 5.56 Å². The molecule has 1 heterocycles. The van der Waals surface area contributed by atoms with Gasteiger partial charge in [-0.1, -0.05) is 11.6 Å². The van der Waals surface area contributed by atoms with Crippen LogP contribution in [0.2, 0.25) is 5.02 Å². The van der Waals surface area contributed by atoms with Crippen LogP contribution in [0.1, 0.15) is 17.3 Å². The van der Waals surface area contributed by atoms with Gasteiger partial charge in [0.1, 0.15) is 0 Å². The van der Waals surface area contributed by atoms with Crippen molar-refractivity contribution in [2.45, 2.75) is 13.0 Å². The minimum atomic E-state index is -0.988. The van der Waals surface area contributed by atoms with Gasteiger partial charge in [-0.25, -0.2) is 4.79 Å². The summed E-state index contributed by atoms with van der Waals surface area (Å²) in [7, 11) is 2.11. The molecular formula is C13H17ClN2O2. The Balaban J connectivity index is 2.19. The number of piperazine rings is 1. The number of benzene rings is 1. The van der Waals surface area contributed by atoms with E-state index in [4.69, 9.17) is 16.7 Å². The third kappa shape index (κ3) is 2.60. The SMILES string of the molecule is CC1CN(c2ccc(C(=O)O)c(Cl)c2)CCN1C. The summed E-state index contributed by atoms with van der Waals surface area (Å²) in [6, 6.07) is 5.62. The van der Waals surface area contributed by atoms with Crippen LogP contribution < -0.4 is 4.90 Å². The standard InChI is InChI=1S/C13H17ClN2O2/c1-9-8-16(6-5-15(9)2)10-3-4-11(13(17)18)12(14)7-10/h3-4,7,9H,5-6,8H2,1-2H3,(H,17,18). The van der Waals surface area contributed by atoms with Gasteiger partial charge in [-0.2, -0.15) is 0 Å². The monoisotopic (exact) mass is 268 g/mol. The number of carboxylic acids is 1. The van der Waals surface area contributed by atoms with Crippen molar-refractivity contribution in [3.05, 3.63) is 28.8 Å². The summed E-state index contributed by atoms with van der Waals surface area (Å²) in [6.45, 7) is 5.04. The van der Waals surface area contributed by atoms with Gasteiger partial charge in [-0.15, -0.1) is 0 Å². The highest BCUT2D eigenvalue weighted by atomic mass is 35.5. The van der Waals surface area contributed by atoms with Gasteiger partial charge in [0.15, 0.2) is 0 Å². The molecule has 0 aliphatic carbocycles. The Hall–Kier alpha value is -1.26. The highest BCUT2D eigenvalue weighted by molar-refractivity contribution is 6.33. The van der Waals surface area contributed by atoms with Gasteiger partial charge in [-0.3, -0.25) is 0 Å². The number of carbonyl (C=O) groups is 1. The Morgan fingerprint density at radius 2 is 2.17 bits per heavy atom. The third-order valence-corrected chi connectivity index (χ3v) is 3.82. The zero-order valence-corrected chi connectivity index (χ0v) is 11.3. The smallest absolute Gasteiger partial charge is 0.337 e. The van der Waals surface area contributed by atoms with Crippen LogP contribution >= 0.6 is 11.6 Å². The first kappa shape index (κ1) is 13.2. The van der Waals surface area contributed by atoms with E-state index >= 15 is 0 Å². The predicted octanol–water partition coefficient (Wildman–Crippen LogP) is 2.18. The van der Waals surface area contributed by atoms with E-state index in [0.717, 1.165) is 25.3 Å². The van der Waals surface area contributed by atoms with Gasteiger partial charge in [0.25, 0.3) is 0 Å². The first-order valence-electron chi connectivity index (χ1n) is 5.97. The van der Waals surface area contributed by atoms with Crippen LogP contribution in [0.15, 0.2) is 18.2 Å². The second-order valence-electron chi connectivity index (χ2n) is 4.74. The number of nitrogens with zero attached hydrogens (tertiary/aromatic N) is 2. The molecule has 1 aliphatic rings. The Morgan fingerprint density at radius 1 is 1.44 bits per heavy atom. The molecule has 1 N–H and O–H groups in total. The molecule has 0 radical (unpaired) electrons. The molecule has 1 unspecified atom stereocenters. The number of hydrogen-bond donors (Lipinski definition) is 1. The fourth-order valence-corrected chi connectivity index (χ4v) is 2.41. The maximum atomic E-state index is 10.9. The lowest BCUT2D eigenvalue weighted by molar-refractivity contribution is 0.0697. The molecule has 4 nitrogen and oxygen atoms in total. The van der Waals surface area contributed by atoms with Crippen molar-refractivity contribution in [3.63, 3.8) is 0 Å². The van der Waals surface area contributed by atoms with E-state index in [1.54, 1.807) is 12.1 Å². The lowest BCUT2D eigenvalue weighted by Crippen LogP contribution is -2.50. The maximum absolute atomic E-state index is 10.9. The van der Waals surface area contributed by atoms with Crippen LogP contribution in [0.3, 0.4) is 0 Å². The average molecular weight is 269 g/mol. The number of hydrogen-bond acceptors (Lipinski definition) is 3. The fourth-order valence-electron chi connectivity index (χ4n) is 2.16. The Labute approximate surface area is 112 Å². The zero-order chi connectivity index (χ0) is 13.3. The van der Waals surface area contributed by atoms with Gasteiger partial charge in [0, 0.05) is 31.4 Å². The predicted molar refractivity (Wildman–Crippen MR) is 72.7 cm³/mol. The topological polar surface area (TPSA) is 43.8 Å². The molecule has 1 aromatic carbocycles. The van der Waals surface area contributed by atoms with Crippen LogP contribution in [0, 0.1) is 0 Å². The fraction of sp³-hybridized carbons (Fsp3) is 0.462. The van der Waals surface area contributed by atoms with Gasteiger partial charge in [0.2, 0.25) is 0 Å². The molecule has 0 amide bonds. The van der Waals surface area contributed by atoms with Crippen molar-refractivity contribution < 1.29 is 9.90 Å². The summed E-state index contributed by atoms with van der Waals surface area (Å²) < 4.78 is 0. The Bertz CT molecular complexity index is 464. The average Bonchev–Trinajstić information content (AvgIpc) is 2.32. The second kappa shape index (κ2) is 5.16. The highest BCUT2D eigenvalue weighted by Crippen LogP contribution is 2.25. The molecular weight excluding hydrogens is 252 g/mol. The van der Waals surface area contributed by atoms with Crippen LogP contribution in [-0.4, -0.2) is 48.7 Å². The van der Waals surface area contributed by atoms with E-state index in [1.807, 2.05) is 6.07 Å². The number of aromatic carboxylic acids is 1. The summed E-state index contributed by atoms with van der Waals surface area (Å²) in [5.41, 5.74) is 1.15. The maximum Gasteiger partial charge on any atom is 0.337 e. The quantitative estimate of drug-likeness (QED) is 0.893. The van der Waals surface area contributed by atoms with E-state index in [2.05, 4.69) is 23.8 Å². The molecule has 0 spiro atoms. The van der Waals surface area contributed by atoms with Crippen molar-refractivity contribution in [1.82, 2.24) is 4.90 Å². The molecule has 1 aromatic rings. The molecule has 1 atom stereocenters. The van der Waals surface area contributed by atoms with Crippen LogP contribution in [0.4, 0.5) is 5.69 Å². The normalized spacial score (nSPS) is 21.1. The summed E-state index contributed by atoms with van der Waals surface area (Å²) in [6.07, 6.45) is 0. The molecule has 0 bridgehead atoms. The molecule has 1 saturated heterocycles. The number of rotatable bonds is 2. The van der Waals surface area contributed by atoms with E-state index < -0.39 is 5.97 Å². The summed E-state index contributed by atoms with van der Waals surface area (Å²) in [5.74, 6) is -0.988. The largest absolute Gasteiger partial charge is 0.478 e. The first-order valence-corrected chi connectivity index (χ1v) is 6.35. The molecule has 0 saturated carbocycles. The van der Waals surface area contributed by atoms with Crippen molar-refractivity contribution >= 4 is 23.3 Å². The number of carboxylic acid groups (broad SMARTS) is 1. The van der Waals surface area contributed by atoms with Crippen molar-refractivity contribution in [3.8, 4) is 0 Å². The zero-order valence-electron chi connectivity index (χ0n) is 10.6. The number of likely N-dealkylation sites (N-methyl/N-ethyl adjacent to an activating group) is 1. The summed E-state index contributed by atoms with van der Waals surface area (Å²) in [4.78, 5) is 15.4. The lowest BCUT2D eigenvalue weighted by Gasteiger charge is -2.39. The summed E-state index contributed by atoms with van der Waals surface area (Å²) in [5, 5.41) is 9.24. The number of anilines is 1. The van der Waals surface area contributed by atoms with E-state index in [9.17, 15) is 4.79 Å². The Kier molecular flexibility index (Phi) is 3.78. The van der Waals surface area contributed by atoms with Crippen molar-refractivity contribution in [2.24, 2.45) is 0 Å². The lowest BCUT2D eigenvalue weighted by atomic mass is 10.1. The van der Waals surface area contributed by atoms with E-state index in [0.29, 0.717) is 11.1 Å². The van der Waals surface area contributed by atoms with Crippen LogP contribution in [-0.2, 0) is 0 Å². The molecule has 18 heavy (non-hydrogen) atoms. The third-order valence-electron chi connectivity index (χ3n) is 3.51. The van der Waals surface area contributed by atoms with Gasteiger partial charge in [-0.05, 0) is 32.2 Å². The van der Waals surface area contributed by atoms with Crippen LogP contribution in [0.5, 0.6) is 0 Å². The molecule has 0 aromatic heterocycles. The molecule has 2 rings (SSSR count). The van der Waals surface area contributed by atoms with Crippen molar-refractivity contribution in [1.29, 1.82) is 0 Å². The van der Waals surface area contributed by atoms with Gasteiger partial charge < -0.3 is 14.9 Å². The number of halogens is 1. The second-order valence-corrected chi connectivity index (χ2v) is 5.15. The van der Waals surface area contributed by atoms with Crippen LogP contribution in [0.25, 0.3) is 0 Å². The molecule has 1 fully saturated rings. The summed E-state index contributed by atoms with van der Waals surface area (Å²) >= 11 is 5.99. The molecule has 5 heteroatoms. The highest BCUT2D eigenvalue weighted by Gasteiger charge is 2.21. The molecule has 1 aliphatic heterocycles. The van der Waals surface area contributed by atoms with Crippen molar-refractivity contribution in [2.75, 3.05) is 31.6 Å². The van der Waals surface area contributed by atoms with E-state index in [1.165, 1.54) is 0 Å². The van der Waals surface area contributed by atoms with Gasteiger partial charge in [0.05, 0.1) is 10.6 Å². The van der Waals surface area contributed by atoms with Gasteiger partial charge >= 0.3 is 5.97 Å².